The molecule has 5 rings (SSSR count). The first-order valence-corrected chi connectivity index (χ1v) is 15.4. The number of para-hydroxylation sites is 1. The molecular weight excluding hydrogens is 603 g/mol. The zero-order valence-electron chi connectivity index (χ0n) is 22.1. The zero-order valence-corrected chi connectivity index (χ0v) is 24.5. The average Bonchev–Trinajstić information content (AvgIpc) is 3.40. The van der Waals surface area contributed by atoms with Crippen LogP contribution in [0, 0.1) is 0 Å². The van der Waals surface area contributed by atoms with Crippen molar-refractivity contribution in [3.63, 3.8) is 0 Å². The Morgan fingerprint density at radius 3 is 2.69 bits per heavy atom. The SMILES string of the molecule is CCO/N=C(\C(=O)NC1C(=O)N2C(C(=O)[O-])=C(CSc3nc(N)cc(N)[n+]3-c3ccccc3)CS[C@H]12)c1csc(N)n1. The van der Waals surface area contributed by atoms with Crippen molar-refractivity contribution in [3.05, 3.63) is 58.7 Å². The summed E-state index contributed by atoms with van der Waals surface area (Å²) in [7, 11) is 0. The number of amides is 2. The number of nitrogen functional groups attached to an aromatic ring is 3. The number of aliphatic carboxylic acids is 1. The summed E-state index contributed by atoms with van der Waals surface area (Å²) in [5.41, 5.74) is 18.9. The van der Waals surface area contributed by atoms with E-state index in [2.05, 4.69) is 20.4 Å². The van der Waals surface area contributed by atoms with E-state index >= 15 is 0 Å². The fourth-order valence-corrected chi connectivity index (χ4v) is 7.40. The van der Waals surface area contributed by atoms with Crippen LogP contribution in [-0.4, -0.2) is 67.9 Å². The Hall–Kier alpha value is -4.35. The summed E-state index contributed by atoms with van der Waals surface area (Å²) >= 11 is 3.66. The van der Waals surface area contributed by atoms with Crippen molar-refractivity contribution in [2.24, 2.45) is 5.16 Å². The number of rotatable bonds is 10. The number of fused-ring (bicyclic) bond motifs is 1. The number of aromatic nitrogens is 3. The van der Waals surface area contributed by atoms with Gasteiger partial charge < -0.3 is 37.3 Å². The van der Waals surface area contributed by atoms with E-state index in [0.29, 0.717) is 16.5 Å². The van der Waals surface area contributed by atoms with Crippen LogP contribution in [0.25, 0.3) is 5.69 Å². The van der Waals surface area contributed by atoms with Gasteiger partial charge in [-0.3, -0.25) is 14.5 Å². The van der Waals surface area contributed by atoms with Gasteiger partial charge in [-0.1, -0.05) is 28.3 Å². The predicted molar refractivity (Wildman–Crippen MR) is 157 cm³/mol. The second kappa shape index (κ2) is 12.3. The standard InChI is InChI=1S/C25H25N9O5S3/c1-2-39-32-17(14-11-41-24(28)29-14)20(35)31-18-21(36)34-19(23(37)38)12(9-40-22(18)34)10-42-25-30-15(26)8-16(27)33(25)13-6-4-3-5-7-13/h3-8,11,18,22H,2,9-10H2,1H3,(H7,26,27,28,29,31,35,37,38)/b32-17-/t18?,22-/m1/s1. The summed E-state index contributed by atoms with van der Waals surface area (Å²) in [6.07, 6.45) is 0. The summed E-state index contributed by atoms with van der Waals surface area (Å²) in [6.45, 7) is 1.90. The van der Waals surface area contributed by atoms with E-state index in [1.165, 1.54) is 29.6 Å². The number of anilines is 3. The van der Waals surface area contributed by atoms with Crippen molar-refractivity contribution < 1.29 is 28.9 Å². The lowest BCUT2D eigenvalue weighted by molar-refractivity contribution is -0.626. The van der Waals surface area contributed by atoms with Crippen molar-refractivity contribution in [1.82, 2.24) is 20.2 Å². The number of carboxylic acid groups (broad SMARTS) is 1. The lowest BCUT2D eigenvalue weighted by Gasteiger charge is -2.50. The molecule has 4 heterocycles. The van der Waals surface area contributed by atoms with Gasteiger partial charge in [-0.05, 0) is 36.4 Å². The number of thiazole rings is 1. The normalized spacial score (nSPS) is 18.4. The molecule has 7 N–H and O–H groups in total. The van der Waals surface area contributed by atoms with E-state index in [9.17, 15) is 19.5 Å². The minimum absolute atomic E-state index is 0.148. The molecule has 1 aromatic carbocycles. The number of hydrogen-bond donors (Lipinski definition) is 4. The Balaban J connectivity index is 1.35. The average molecular weight is 628 g/mol. The summed E-state index contributed by atoms with van der Waals surface area (Å²) < 4.78 is 1.71. The second-order valence-corrected chi connectivity index (χ2v) is 11.8. The molecule has 2 amide bonds. The number of thioether (sulfide) groups is 2. The number of nitrogens with zero attached hydrogens (tertiary/aromatic N) is 5. The maximum atomic E-state index is 13.2. The summed E-state index contributed by atoms with van der Waals surface area (Å²) in [5, 5.41) is 20.3. The van der Waals surface area contributed by atoms with Crippen LogP contribution in [0.4, 0.5) is 16.8 Å². The monoisotopic (exact) mass is 627 g/mol. The van der Waals surface area contributed by atoms with Crippen molar-refractivity contribution in [3.8, 4) is 5.69 Å². The largest absolute Gasteiger partial charge is 0.543 e. The Morgan fingerprint density at radius 2 is 2.02 bits per heavy atom. The Bertz CT molecular complexity index is 1610. The molecule has 0 spiro atoms. The summed E-state index contributed by atoms with van der Waals surface area (Å²) in [5.74, 6) is -1.80. The lowest BCUT2D eigenvalue weighted by Crippen LogP contribution is -2.71. The van der Waals surface area contributed by atoms with Crippen LogP contribution in [-0.2, 0) is 19.2 Å². The van der Waals surface area contributed by atoms with Gasteiger partial charge in [0.25, 0.3) is 11.8 Å². The predicted octanol–water partition coefficient (Wildman–Crippen LogP) is -0.502. The maximum absolute atomic E-state index is 13.2. The number of carbonyl (C=O) groups is 3. The molecule has 1 fully saturated rings. The third-order valence-electron chi connectivity index (χ3n) is 6.15. The third kappa shape index (κ3) is 5.70. The number of oxime groups is 1. The number of carbonyl (C=O) groups excluding carboxylic acids is 3. The van der Waals surface area contributed by atoms with Crippen LogP contribution in [0.15, 0.2) is 63.4 Å². The number of nitrogens with one attached hydrogen (secondary N) is 1. The first-order valence-electron chi connectivity index (χ1n) is 12.5. The summed E-state index contributed by atoms with van der Waals surface area (Å²) in [4.78, 5) is 53.2. The molecule has 2 aliphatic rings. The van der Waals surface area contributed by atoms with Crippen molar-refractivity contribution >= 4 is 75.1 Å². The number of nitrogens with two attached hydrogens (primary N) is 3. The van der Waals surface area contributed by atoms with Crippen LogP contribution in [0.1, 0.15) is 12.6 Å². The second-order valence-electron chi connectivity index (χ2n) is 8.88. The van der Waals surface area contributed by atoms with Crippen LogP contribution in [0.2, 0.25) is 0 Å². The number of carboxylic acids is 1. The molecule has 0 aliphatic carbocycles. The van der Waals surface area contributed by atoms with Crippen LogP contribution in [0.3, 0.4) is 0 Å². The Kier molecular flexibility index (Phi) is 8.51. The smallest absolute Gasteiger partial charge is 0.306 e. The Labute approximate surface area is 252 Å². The van der Waals surface area contributed by atoms with Gasteiger partial charge in [0.1, 0.15) is 29.4 Å². The number of benzene rings is 1. The van der Waals surface area contributed by atoms with Gasteiger partial charge in [0.15, 0.2) is 10.8 Å². The minimum Gasteiger partial charge on any atom is -0.543 e. The highest BCUT2D eigenvalue weighted by Crippen LogP contribution is 2.41. The quantitative estimate of drug-likeness (QED) is 0.0558. The zero-order chi connectivity index (χ0) is 30.0. The van der Waals surface area contributed by atoms with Crippen molar-refractivity contribution in [2.75, 3.05) is 35.3 Å². The molecule has 42 heavy (non-hydrogen) atoms. The molecule has 0 bridgehead atoms. The topological polar surface area (TPSA) is 219 Å². The van der Waals surface area contributed by atoms with Crippen LogP contribution >= 0.6 is 34.9 Å². The molecule has 2 aliphatic heterocycles. The first kappa shape index (κ1) is 29.2. The van der Waals surface area contributed by atoms with Gasteiger partial charge in [0.2, 0.25) is 11.6 Å². The highest BCUT2D eigenvalue weighted by Gasteiger charge is 2.53. The van der Waals surface area contributed by atoms with E-state index in [1.54, 1.807) is 16.9 Å². The molecular formula is C25H25N9O5S3. The van der Waals surface area contributed by atoms with Gasteiger partial charge in [0.05, 0.1) is 17.7 Å². The molecule has 14 nitrogen and oxygen atoms in total. The van der Waals surface area contributed by atoms with E-state index in [1.807, 2.05) is 30.3 Å². The van der Waals surface area contributed by atoms with E-state index in [-0.39, 0.29) is 46.2 Å². The molecule has 17 heteroatoms. The first-order chi connectivity index (χ1) is 20.2. The fraction of sp³-hybridized carbons (Fsp3) is 0.240. The molecule has 2 atom stereocenters. The fourth-order valence-electron chi connectivity index (χ4n) is 4.33. The third-order valence-corrected chi connectivity index (χ3v) is 9.19. The lowest BCUT2D eigenvalue weighted by atomic mass is 10.0. The highest BCUT2D eigenvalue weighted by atomic mass is 32.2. The molecule has 2 aromatic heterocycles. The Morgan fingerprint density at radius 1 is 1.26 bits per heavy atom. The number of hydrogen-bond acceptors (Lipinski definition) is 14. The van der Waals surface area contributed by atoms with Gasteiger partial charge in [-0.15, -0.1) is 23.1 Å². The highest BCUT2D eigenvalue weighted by molar-refractivity contribution is 8.01. The van der Waals surface area contributed by atoms with Crippen LogP contribution in [0.5, 0.6) is 0 Å². The number of β-lactam (4-membered cyclic amide) rings is 1. The molecule has 0 radical (unpaired) electrons. The van der Waals surface area contributed by atoms with Gasteiger partial charge in [-0.2, -0.15) is 4.57 Å². The van der Waals surface area contributed by atoms with Gasteiger partial charge >= 0.3 is 5.16 Å². The van der Waals surface area contributed by atoms with Gasteiger partial charge in [0, 0.05) is 16.9 Å². The molecule has 3 aromatic rings. The minimum atomic E-state index is -1.50. The summed E-state index contributed by atoms with van der Waals surface area (Å²) in [6, 6.07) is 9.81. The molecule has 1 saturated heterocycles. The van der Waals surface area contributed by atoms with Crippen LogP contribution < -0.4 is 32.2 Å². The van der Waals surface area contributed by atoms with Gasteiger partial charge in [-0.25, -0.2) is 4.98 Å². The van der Waals surface area contributed by atoms with Crippen molar-refractivity contribution in [1.29, 1.82) is 0 Å². The van der Waals surface area contributed by atoms with E-state index in [4.69, 9.17) is 22.0 Å². The molecule has 0 saturated carbocycles. The van der Waals surface area contributed by atoms with E-state index in [0.717, 1.165) is 21.9 Å². The van der Waals surface area contributed by atoms with E-state index < -0.39 is 29.2 Å². The molecule has 1 unspecified atom stereocenters. The molecule has 218 valence electrons. The maximum Gasteiger partial charge on any atom is 0.306 e. The van der Waals surface area contributed by atoms with Crippen molar-refractivity contribution in [2.45, 2.75) is 23.5 Å².